The molecule has 2 aliphatic rings. The molecule has 104 valence electrons. The standard InChI is InChI=1S/C13H18N2O3S/c16-12(17)10-7-19-11(14-10)1-4-15-8-13(9-15)2-5-18-6-3-13/h7H,1-6,8-9H2,(H,16,17). The SMILES string of the molecule is O=C(O)c1csc(CCN2CC3(CCOCC3)C2)n1. The molecule has 0 bridgehead atoms. The Bertz CT molecular complexity index is 460. The number of aromatic nitrogens is 1. The van der Waals surface area contributed by atoms with Gasteiger partial charge in [-0.2, -0.15) is 0 Å². The summed E-state index contributed by atoms with van der Waals surface area (Å²) in [5, 5.41) is 11.4. The summed E-state index contributed by atoms with van der Waals surface area (Å²) in [5.41, 5.74) is 0.678. The summed E-state index contributed by atoms with van der Waals surface area (Å²) in [4.78, 5) is 17.3. The van der Waals surface area contributed by atoms with Gasteiger partial charge in [-0.3, -0.25) is 0 Å². The molecule has 19 heavy (non-hydrogen) atoms. The minimum atomic E-state index is -0.937. The van der Waals surface area contributed by atoms with Gasteiger partial charge in [0, 0.05) is 50.1 Å². The summed E-state index contributed by atoms with van der Waals surface area (Å²) in [6.45, 7) is 5.11. The summed E-state index contributed by atoms with van der Waals surface area (Å²) < 4.78 is 5.41. The van der Waals surface area contributed by atoms with Crippen molar-refractivity contribution in [2.24, 2.45) is 5.41 Å². The molecule has 5 nitrogen and oxygen atoms in total. The second-order valence-electron chi connectivity index (χ2n) is 5.50. The molecule has 0 aromatic carbocycles. The molecule has 0 saturated carbocycles. The minimum Gasteiger partial charge on any atom is -0.476 e. The van der Waals surface area contributed by atoms with Crippen LogP contribution in [0.1, 0.15) is 28.3 Å². The molecular formula is C13H18N2O3S. The fraction of sp³-hybridized carbons (Fsp3) is 0.692. The molecule has 2 saturated heterocycles. The molecule has 1 aromatic rings. The van der Waals surface area contributed by atoms with Crippen molar-refractivity contribution in [2.75, 3.05) is 32.8 Å². The molecular weight excluding hydrogens is 264 g/mol. The van der Waals surface area contributed by atoms with Crippen LogP contribution in [-0.2, 0) is 11.2 Å². The lowest BCUT2D eigenvalue weighted by atomic mass is 9.73. The van der Waals surface area contributed by atoms with Crippen LogP contribution in [0.5, 0.6) is 0 Å². The second kappa shape index (κ2) is 5.19. The Hall–Kier alpha value is -0.980. The number of rotatable bonds is 4. The summed E-state index contributed by atoms with van der Waals surface area (Å²) in [7, 11) is 0. The van der Waals surface area contributed by atoms with Crippen LogP contribution < -0.4 is 0 Å². The van der Waals surface area contributed by atoms with Crippen LogP contribution >= 0.6 is 11.3 Å². The molecule has 3 rings (SSSR count). The van der Waals surface area contributed by atoms with Gasteiger partial charge >= 0.3 is 5.97 Å². The lowest BCUT2D eigenvalue weighted by molar-refractivity contribution is -0.0797. The van der Waals surface area contributed by atoms with Crippen molar-refractivity contribution in [1.82, 2.24) is 9.88 Å². The molecule has 6 heteroatoms. The van der Waals surface area contributed by atoms with Crippen LogP contribution in [-0.4, -0.2) is 53.8 Å². The van der Waals surface area contributed by atoms with Gasteiger partial charge in [0.15, 0.2) is 5.69 Å². The first-order valence-electron chi connectivity index (χ1n) is 6.65. The van der Waals surface area contributed by atoms with Crippen LogP contribution in [0, 0.1) is 5.41 Å². The average Bonchev–Trinajstić information content (AvgIpc) is 2.84. The number of carboxylic acids is 1. The number of hydrogen-bond donors (Lipinski definition) is 1. The van der Waals surface area contributed by atoms with E-state index in [0.717, 1.165) is 44.3 Å². The lowest BCUT2D eigenvalue weighted by Crippen LogP contribution is -2.58. The van der Waals surface area contributed by atoms with E-state index in [-0.39, 0.29) is 5.69 Å². The molecule has 3 heterocycles. The smallest absolute Gasteiger partial charge is 0.355 e. The second-order valence-corrected chi connectivity index (χ2v) is 6.45. The molecule has 1 N–H and O–H groups in total. The third kappa shape index (κ3) is 2.80. The molecule has 0 unspecified atom stereocenters. The van der Waals surface area contributed by atoms with Gasteiger partial charge < -0.3 is 14.7 Å². The van der Waals surface area contributed by atoms with Gasteiger partial charge in [-0.1, -0.05) is 0 Å². The highest BCUT2D eigenvalue weighted by atomic mass is 32.1. The zero-order valence-electron chi connectivity index (χ0n) is 10.8. The molecule has 2 aliphatic heterocycles. The quantitative estimate of drug-likeness (QED) is 0.906. The number of carboxylic acid groups (broad SMARTS) is 1. The topological polar surface area (TPSA) is 62.7 Å². The van der Waals surface area contributed by atoms with Crippen molar-refractivity contribution in [1.29, 1.82) is 0 Å². The Kier molecular flexibility index (Phi) is 3.56. The maximum absolute atomic E-state index is 10.7. The van der Waals surface area contributed by atoms with Gasteiger partial charge in [-0.05, 0) is 12.8 Å². The number of hydrogen-bond acceptors (Lipinski definition) is 5. The zero-order valence-corrected chi connectivity index (χ0v) is 11.6. The fourth-order valence-electron chi connectivity index (χ4n) is 2.96. The van der Waals surface area contributed by atoms with Crippen LogP contribution in [0.3, 0.4) is 0 Å². The van der Waals surface area contributed by atoms with Gasteiger partial charge in [0.05, 0.1) is 5.01 Å². The van der Waals surface area contributed by atoms with E-state index in [9.17, 15) is 4.79 Å². The third-order valence-corrected chi connectivity index (χ3v) is 4.99. The van der Waals surface area contributed by atoms with Crippen LogP contribution in [0.4, 0.5) is 0 Å². The Morgan fingerprint density at radius 2 is 2.21 bits per heavy atom. The maximum Gasteiger partial charge on any atom is 0.355 e. The van der Waals surface area contributed by atoms with Crippen molar-refractivity contribution in [3.05, 3.63) is 16.1 Å². The van der Waals surface area contributed by atoms with E-state index in [1.165, 1.54) is 24.2 Å². The van der Waals surface area contributed by atoms with Crippen LogP contribution in [0.2, 0.25) is 0 Å². The number of likely N-dealkylation sites (tertiary alicyclic amines) is 1. The molecule has 0 radical (unpaired) electrons. The Labute approximate surface area is 116 Å². The molecule has 1 spiro atoms. The molecule has 0 amide bonds. The van der Waals surface area contributed by atoms with E-state index in [1.54, 1.807) is 5.38 Å². The van der Waals surface area contributed by atoms with Gasteiger partial charge in [-0.25, -0.2) is 9.78 Å². The predicted octanol–water partition coefficient (Wildman–Crippen LogP) is 1.50. The summed E-state index contributed by atoms with van der Waals surface area (Å²) in [6.07, 6.45) is 3.22. The average molecular weight is 282 g/mol. The highest BCUT2D eigenvalue weighted by Gasteiger charge is 2.43. The first-order valence-corrected chi connectivity index (χ1v) is 7.53. The predicted molar refractivity (Wildman–Crippen MR) is 71.7 cm³/mol. The maximum atomic E-state index is 10.7. The van der Waals surface area contributed by atoms with Crippen molar-refractivity contribution < 1.29 is 14.6 Å². The van der Waals surface area contributed by atoms with Gasteiger partial charge in [0.25, 0.3) is 0 Å². The first-order chi connectivity index (χ1) is 9.17. The van der Waals surface area contributed by atoms with Gasteiger partial charge in [-0.15, -0.1) is 11.3 Å². The molecule has 0 aliphatic carbocycles. The zero-order chi connectivity index (χ0) is 13.3. The van der Waals surface area contributed by atoms with E-state index in [2.05, 4.69) is 9.88 Å². The van der Waals surface area contributed by atoms with Crippen molar-refractivity contribution in [3.63, 3.8) is 0 Å². The number of thiazole rings is 1. The monoisotopic (exact) mass is 282 g/mol. The largest absolute Gasteiger partial charge is 0.476 e. The third-order valence-electron chi connectivity index (χ3n) is 4.08. The first kappa shape index (κ1) is 13.0. The van der Waals surface area contributed by atoms with E-state index < -0.39 is 5.97 Å². The normalized spacial score (nSPS) is 22.3. The van der Waals surface area contributed by atoms with Gasteiger partial charge in [0.2, 0.25) is 0 Å². The van der Waals surface area contributed by atoms with E-state index in [1.807, 2.05) is 0 Å². The summed E-state index contributed by atoms with van der Waals surface area (Å²) >= 11 is 1.44. The van der Waals surface area contributed by atoms with Crippen molar-refractivity contribution >= 4 is 17.3 Å². The van der Waals surface area contributed by atoms with Crippen molar-refractivity contribution in [2.45, 2.75) is 19.3 Å². The highest BCUT2D eigenvalue weighted by Crippen LogP contribution is 2.39. The Morgan fingerprint density at radius 3 is 2.84 bits per heavy atom. The molecule has 1 aromatic heterocycles. The molecule has 2 fully saturated rings. The van der Waals surface area contributed by atoms with Gasteiger partial charge in [0.1, 0.15) is 0 Å². The van der Waals surface area contributed by atoms with Crippen molar-refractivity contribution in [3.8, 4) is 0 Å². The minimum absolute atomic E-state index is 0.171. The Balaban J connectivity index is 1.45. The number of nitrogens with zero attached hydrogens (tertiary/aromatic N) is 2. The van der Waals surface area contributed by atoms with Crippen LogP contribution in [0.15, 0.2) is 5.38 Å². The molecule has 0 atom stereocenters. The fourth-order valence-corrected chi connectivity index (χ4v) is 3.72. The number of carbonyl (C=O) groups is 1. The van der Waals surface area contributed by atoms with Crippen LogP contribution in [0.25, 0.3) is 0 Å². The Morgan fingerprint density at radius 1 is 1.47 bits per heavy atom. The van der Waals surface area contributed by atoms with E-state index in [0.29, 0.717) is 5.41 Å². The lowest BCUT2D eigenvalue weighted by Gasteiger charge is -2.52. The summed E-state index contributed by atoms with van der Waals surface area (Å²) in [5.74, 6) is -0.937. The van der Waals surface area contributed by atoms with E-state index >= 15 is 0 Å². The summed E-state index contributed by atoms with van der Waals surface area (Å²) in [6, 6.07) is 0. The van der Waals surface area contributed by atoms with E-state index in [4.69, 9.17) is 9.84 Å². The number of ether oxygens (including phenoxy) is 1. The number of aromatic carboxylic acids is 1. The highest BCUT2D eigenvalue weighted by molar-refractivity contribution is 7.09.